The molecular weight excluding hydrogens is 292 g/mol. The Bertz CT molecular complexity index is 495. The van der Waals surface area contributed by atoms with Gasteiger partial charge < -0.3 is 5.32 Å². The Morgan fingerprint density at radius 3 is 2.55 bits per heavy atom. The molecule has 0 aliphatic rings. The van der Waals surface area contributed by atoms with E-state index < -0.39 is 10.0 Å². The quantitative estimate of drug-likeness (QED) is 0.688. The van der Waals surface area contributed by atoms with Crippen LogP contribution in [0.2, 0.25) is 0 Å². The molecule has 0 bridgehead atoms. The van der Waals surface area contributed by atoms with E-state index in [-0.39, 0.29) is 6.04 Å². The predicted octanol–water partition coefficient (Wildman–Crippen LogP) is 2.61. The molecule has 1 unspecified atom stereocenters. The maximum absolute atomic E-state index is 12.3. The molecule has 116 valence electrons. The summed E-state index contributed by atoms with van der Waals surface area (Å²) >= 11 is 1.36. The average molecular weight is 319 g/mol. The standard InChI is InChI=1S/C14H26N2O2S2/c1-5-15-9-8-13-6-7-14(19-13)20(17,18)16-12(4)10-11(2)3/h6-7,11-12,15-16H,5,8-10H2,1-4H3. The average Bonchev–Trinajstić information content (AvgIpc) is 2.76. The minimum atomic E-state index is -3.37. The first-order valence-corrected chi connectivity index (χ1v) is 9.47. The Balaban J connectivity index is 2.63. The lowest BCUT2D eigenvalue weighted by molar-refractivity contribution is 0.483. The Labute approximate surface area is 127 Å². The van der Waals surface area contributed by atoms with Gasteiger partial charge in [-0.3, -0.25) is 0 Å². The van der Waals surface area contributed by atoms with E-state index in [1.807, 2.05) is 13.0 Å². The highest BCUT2D eigenvalue weighted by molar-refractivity contribution is 7.91. The molecule has 2 N–H and O–H groups in total. The van der Waals surface area contributed by atoms with Gasteiger partial charge in [-0.05, 0) is 50.9 Å². The largest absolute Gasteiger partial charge is 0.317 e. The van der Waals surface area contributed by atoms with Crippen LogP contribution in [0.1, 0.15) is 39.0 Å². The smallest absolute Gasteiger partial charge is 0.250 e. The Morgan fingerprint density at radius 1 is 1.25 bits per heavy atom. The van der Waals surface area contributed by atoms with Crippen LogP contribution < -0.4 is 10.0 Å². The summed E-state index contributed by atoms with van der Waals surface area (Å²) in [5.74, 6) is 0.478. The molecule has 1 aromatic heterocycles. The maximum Gasteiger partial charge on any atom is 0.250 e. The fraction of sp³-hybridized carbons (Fsp3) is 0.714. The lowest BCUT2D eigenvalue weighted by Crippen LogP contribution is -2.33. The highest BCUT2D eigenvalue weighted by Gasteiger charge is 2.19. The third-order valence-corrected chi connectivity index (χ3v) is 6.11. The normalized spacial score (nSPS) is 13.8. The van der Waals surface area contributed by atoms with Crippen LogP contribution in [0, 0.1) is 5.92 Å². The number of rotatable bonds is 9. The molecule has 1 aromatic rings. The Morgan fingerprint density at radius 2 is 1.95 bits per heavy atom. The molecule has 20 heavy (non-hydrogen) atoms. The summed E-state index contributed by atoms with van der Waals surface area (Å²) in [6, 6.07) is 3.58. The van der Waals surface area contributed by atoms with E-state index in [0.717, 1.165) is 30.8 Å². The van der Waals surface area contributed by atoms with Crippen molar-refractivity contribution in [2.75, 3.05) is 13.1 Å². The van der Waals surface area contributed by atoms with Gasteiger partial charge in [-0.1, -0.05) is 20.8 Å². The number of likely N-dealkylation sites (N-methyl/N-ethyl adjacent to an activating group) is 1. The molecule has 0 spiro atoms. The topological polar surface area (TPSA) is 58.2 Å². The van der Waals surface area contributed by atoms with Gasteiger partial charge in [0, 0.05) is 10.9 Å². The summed E-state index contributed by atoms with van der Waals surface area (Å²) in [6.45, 7) is 9.98. The fourth-order valence-corrected chi connectivity index (χ4v) is 4.73. The monoisotopic (exact) mass is 318 g/mol. The third kappa shape index (κ3) is 5.91. The summed E-state index contributed by atoms with van der Waals surface area (Å²) in [4.78, 5) is 1.10. The van der Waals surface area contributed by atoms with E-state index >= 15 is 0 Å². The molecule has 0 aromatic carbocycles. The molecule has 0 radical (unpaired) electrons. The Kier molecular flexibility index (Phi) is 7.15. The van der Waals surface area contributed by atoms with Gasteiger partial charge in [-0.25, -0.2) is 13.1 Å². The number of hydrogen-bond acceptors (Lipinski definition) is 4. The van der Waals surface area contributed by atoms with Crippen molar-refractivity contribution in [1.82, 2.24) is 10.0 Å². The van der Waals surface area contributed by atoms with E-state index in [1.54, 1.807) is 6.07 Å². The molecule has 6 heteroatoms. The molecule has 1 atom stereocenters. The molecule has 0 saturated heterocycles. The summed E-state index contributed by atoms with van der Waals surface area (Å²) < 4.78 is 27.7. The van der Waals surface area contributed by atoms with Crippen LogP contribution in [0.5, 0.6) is 0 Å². The molecule has 1 rings (SSSR count). The predicted molar refractivity (Wildman–Crippen MR) is 85.8 cm³/mol. The second kappa shape index (κ2) is 8.12. The van der Waals surface area contributed by atoms with Crippen LogP contribution in [0.3, 0.4) is 0 Å². The van der Waals surface area contributed by atoms with Gasteiger partial charge in [0.25, 0.3) is 0 Å². The zero-order valence-corrected chi connectivity index (χ0v) is 14.4. The molecule has 0 aliphatic carbocycles. The van der Waals surface area contributed by atoms with Crippen molar-refractivity contribution in [3.8, 4) is 0 Å². The molecule has 4 nitrogen and oxygen atoms in total. The molecule has 0 fully saturated rings. The van der Waals surface area contributed by atoms with Gasteiger partial charge in [0.05, 0.1) is 0 Å². The van der Waals surface area contributed by atoms with Crippen molar-refractivity contribution in [3.05, 3.63) is 17.0 Å². The van der Waals surface area contributed by atoms with Gasteiger partial charge in [-0.15, -0.1) is 11.3 Å². The van der Waals surface area contributed by atoms with Gasteiger partial charge in [0.2, 0.25) is 10.0 Å². The molecule has 0 amide bonds. The molecular formula is C14H26N2O2S2. The first kappa shape index (κ1) is 17.6. The summed E-state index contributed by atoms with van der Waals surface area (Å²) in [6.07, 6.45) is 1.72. The summed E-state index contributed by atoms with van der Waals surface area (Å²) in [7, 11) is -3.37. The van der Waals surface area contributed by atoms with Gasteiger partial charge in [0.1, 0.15) is 4.21 Å². The zero-order valence-electron chi connectivity index (χ0n) is 12.8. The van der Waals surface area contributed by atoms with Crippen molar-refractivity contribution in [3.63, 3.8) is 0 Å². The van der Waals surface area contributed by atoms with E-state index in [9.17, 15) is 8.42 Å². The van der Waals surface area contributed by atoms with Crippen LogP contribution in [0.15, 0.2) is 16.3 Å². The van der Waals surface area contributed by atoms with Gasteiger partial charge in [-0.2, -0.15) is 0 Å². The second-order valence-electron chi connectivity index (χ2n) is 5.48. The second-order valence-corrected chi connectivity index (χ2v) is 8.59. The van der Waals surface area contributed by atoms with Crippen molar-refractivity contribution in [2.45, 2.75) is 50.8 Å². The molecule has 0 aliphatic heterocycles. The minimum absolute atomic E-state index is 0.0349. The van der Waals surface area contributed by atoms with Crippen molar-refractivity contribution in [1.29, 1.82) is 0 Å². The SMILES string of the molecule is CCNCCc1ccc(S(=O)(=O)NC(C)CC(C)C)s1. The summed E-state index contributed by atoms with van der Waals surface area (Å²) in [5, 5.41) is 3.24. The van der Waals surface area contributed by atoms with Crippen molar-refractivity contribution < 1.29 is 8.42 Å². The third-order valence-electron chi connectivity index (χ3n) is 2.88. The van der Waals surface area contributed by atoms with E-state index in [4.69, 9.17) is 0 Å². The summed E-state index contributed by atoms with van der Waals surface area (Å²) in [5.41, 5.74) is 0. The van der Waals surface area contributed by atoms with E-state index in [0.29, 0.717) is 10.1 Å². The van der Waals surface area contributed by atoms with Gasteiger partial charge >= 0.3 is 0 Å². The van der Waals surface area contributed by atoms with Crippen molar-refractivity contribution >= 4 is 21.4 Å². The number of thiophene rings is 1. The fourth-order valence-electron chi connectivity index (χ4n) is 2.10. The number of nitrogens with one attached hydrogen (secondary N) is 2. The first-order chi connectivity index (χ1) is 9.35. The number of hydrogen-bond donors (Lipinski definition) is 2. The van der Waals surface area contributed by atoms with E-state index in [2.05, 4.69) is 30.8 Å². The van der Waals surface area contributed by atoms with Crippen LogP contribution in [0.4, 0.5) is 0 Å². The lowest BCUT2D eigenvalue weighted by atomic mass is 10.1. The number of sulfonamides is 1. The van der Waals surface area contributed by atoms with Crippen LogP contribution in [0.25, 0.3) is 0 Å². The van der Waals surface area contributed by atoms with E-state index in [1.165, 1.54) is 11.3 Å². The highest BCUT2D eigenvalue weighted by Crippen LogP contribution is 2.22. The van der Waals surface area contributed by atoms with Crippen molar-refractivity contribution in [2.24, 2.45) is 5.92 Å². The Hall–Kier alpha value is -0.430. The van der Waals surface area contributed by atoms with Crippen LogP contribution in [-0.4, -0.2) is 27.5 Å². The zero-order chi connectivity index (χ0) is 15.2. The van der Waals surface area contributed by atoms with Gasteiger partial charge in [0.15, 0.2) is 0 Å². The first-order valence-electron chi connectivity index (χ1n) is 7.17. The molecule has 1 heterocycles. The molecule has 0 saturated carbocycles. The minimum Gasteiger partial charge on any atom is -0.317 e. The van der Waals surface area contributed by atoms with Crippen LogP contribution in [-0.2, 0) is 16.4 Å². The van der Waals surface area contributed by atoms with Crippen LogP contribution >= 0.6 is 11.3 Å². The maximum atomic E-state index is 12.3. The highest BCUT2D eigenvalue weighted by atomic mass is 32.2. The lowest BCUT2D eigenvalue weighted by Gasteiger charge is -2.15.